The van der Waals surface area contributed by atoms with Crippen LogP contribution in [-0.2, 0) is 0 Å². The van der Waals surface area contributed by atoms with Gasteiger partial charge in [0.25, 0.3) is 11.9 Å². The van der Waals surface area contributed by atoms with Gasteiger partial charge in [0.1, 0.15) is 0 Å². The predicted molar refractivity (Wildman–Crippen MR) is 108 cm³/mol. The van der Waals surface area contributed by atoms with Crippen molar-refractivity contribution in [1.82, 2.24) is 20.4 Å². The smallest absolute Gasteiger partial charge is 0.335 e. The van der Waals surface area contributed by atoms with Crippen molar-refractivity contribution < 1.29 is 19.8 Å². The zero-order chi connectivity index (χ0) is 21.7. The number of rotatable bonds is 6. The summed E-state index contributed by atoms with van der Waals surface area (Å²) in [5.41, 5.74) is 3.04. The van der Waals surface area contributed by atoms with Crippen LogP contribution in [0, 0.1) is 13.8 Å². The molecule has 2 N–H and O–H groups in total. The third-order valence-electron chi connectivity index (χ3n) is 4.08. The van der Waals surface area contributed by atoms with E-state index in [2.05, 4.69) is 30.4 Å². The second-order valence-electron chi connectivity index (χ2n) is 6.28. The fourth-order valence-corrected chi connectivity index (χ4v) is 2.60. The first kappa shape index (κ1) is 20.4. The summed E-state index contributed by atoms with van der Waals surface area (Å²) in [4.78, 5) is 30.2. The first-order valence-electron chi connectivity index (χ1n) is 8.67. The molecule has 0 saturated heterocycles. The van der Waals surface area contributed by atoms with E-state index < -0.39 is 11.9 Å². The summed E-state index contributed by atoms with van der Waals surface area (Å²) in [6.07, 6.45) is 2.96. The predicted octanol–water partition coefficient (Wildman–Crippen LogP) is 2.78. The molecule has 3 rings (SSSR count). The van der Waals surface area contributed by atoms with Crippen molar-refractivity contribution in [2.24, 2.45) is 9.98 Å². The van der Waals surface area contributed by atoms with Crippen LogP contribution in [0.25, 0.3) is 0 Å². The van der Waals surface area contributed by atoms with Crippen molar-refractivity contribution in [2.45, 2.75) is 13.8 Å². The third kappa shape index (κ3) is 4.93. The first-order valence-corrected chi connectivity index (χ1v) is 8.67. The first-order chi connectivity index (χ1) is 14.3. The van der Waals surface area contributed by atoms with Crippen LogP contribution in [0.2, 0.25) is 0 Å². The lowest BCUT2D eigenvalue weighted by Crippen LogP contribution is -2.00. The van der Waals surface area contributed by atoms with Crippen molar-refractivity contribution in [3.63, 3.8) is 0 Å². The molecule has 150 valence electrons. The van der Waals surface area contributed by atoms with E-state index >= 15 is 0 Å². The molecule has 0 fully saturated rings. The van der Waals surface area contributed by atoms with Gasteiger partial charge in [0, 0.05) is 12.4 Å². The molecule has 0 bridgehead atoms. The minimum Gasteiger partial charge on any atom is -0.478 e. The summed E-state index contributed by atoms with van der Waals surface area (Å²) in [6, 6.07) is 9.61. The zero-order valence-electron chi connectivity index (χ0n) is 16.0. The highest BCUT2D eigenvalue weighted by Gasteiger charge is 2.07. The van der Waals surface area contributed by atoms with Crippen molar-refractivity contribution >= 4 is 36.3 Å². The highest BCUT2D eigenvalue weighted by molar-refractivity contribution is 5.92. The van der Waals surface area contributed by atoms with Gasteiger partial charge in [-0.1, -0.05) is 12.1 Å². The Hall–Kier alpha value is -4.34. The zero-order valence-corrected chi connectivity index (χ0v) is 16.0. The van der Waals surface area contributed by atoms with Crippen LogP contribution in [0.3, 0.4) is 0 Å². The van der Waals surface area contributed by atoms with Crippen LogP contribution in [0.1, 0.15) is 43.0 Å². The minimum absolute atomic E-state index is 0.0237. The maximum Gasteiger partial charge on any atom is 0.335 e. The summed E-state index contributed by atoms with van der Waals surface area (Å²) < 4.78 is 0. The number of aromatic carboxylic acids is 2. The van der Waals surface area contributed by atoms with Gasteiger partial charge in [-0.3, -0.25) is 0 Å². The van der Waals surface area contributed by atoms with Crippen LogP contribution in [0.4, 0.5) is 11.9 Å². The molecule has 10 nitrogen and oxygen atoms in total. The molecule has 0 aliphatic carbocycles. The molecule has 0 atom stereocenters. The molecule has 0 unspecified atom stereocenters. The Morgan fingerprint density at radius 1 is 0.733 bits per heavy atom. The second-order valence-corrected chi connectivity index (χ2v) is 6.28. The van der Waals surface area contributed by atoms with Gasteiger partial charge in [-0.2, -0.15) is 0 Å². The molecule has 2 aromatic carbocycles. The number of aryl methyl sites for hydroxylation is 2. The van der Waals surface area contributed by atoms with E-state index in [1.807, 2.05) is 0 Å². The van der Waals surface area contributed by atoms with Crippen LogP contribution >= 0.6 is 0 Å². The Bertz CT molecular complexity index is 1080. The number of carboxylic acids is 2. The van der Waals surface area contributed by atoms with Gasteiger partial charge in [-0.15, -0.1) is 20.4 Å². The van der Waals surface area contributed by atoms with Crippen molar-refractivity contribution in [3.05, 3.63) is 69.8 Å². The molecule has 0 spiro atoms. The molecule has 0 amide bonds. The topological polar surface area (TPSA) is 151 Å². The average molecular weight is 404 g/mol. The van der Waals surface area contributed by atoms with E-state index in [-0.39, 0.29) is 23.0 Å². The van der Waals surface area contributed by atoms with Crippen molar-refractivity contribution in [3.8, 4) is 0 Å². The fraction of sp³-hybridized carbons (Fsp3) is 0.100. The lowest BCUT2D eigenvalue weighted by Gasteiger charge is -2.01. The molecular formula is C20H16N6O4. The Morgan fingerprint density at radius 2 is 1.10 bits per heavy atom. The summed E-state index contributed by atoms with van der Waals surface area (Å²) in [7, 11) is 0. The standard InChI is InChI=1S/C20H16N6O4/c1-11-7-13(3-5-15(11)17(27)28)9-21-19-23-25-20(26-24-19)22-10-14-4-6-16(18(29)30)12(2)8-14/h3-10H,1-2H3,(H,27,28)(H,29,30). The van der Waals surface area contributed by atoms with E-state index in [9.17, 15) is 9.59 Å². The number of nitrogens with zero attached hydrogens (tertiary/aromatic N) is 6. The van der Waals surface area contributed by atoms with Crippen molar-refractivity contribution in [1.29, 1.82) is 0 Å². The van der Waals surface area contributed by atoms with Crippen LogP contribution < -0.4 is 0 Å². The van der Waals surface area contributed by atoms with Gasteiger partial charge < -0.3 is 10.2 Å². The number of aromatic nitrogens is 4. The largest absolute Gasteiger partial charge is 0.478 e. The molecule has 0 aliphatic rings. The number of aliphatic imine (C=N–C) groups is 2. The highest BCUT2D eigenvalue weighted by Crippen LogP contribution is 2.12. The summed E-state index contributed by atoms with van der Waals surface area (Å²) in [5.74, 6) is -1.93. The summed E-state index contributed by atoms with van der Waals surface area (Å²) in [5, 5.41) is 33.4. The maximum absolute atomic E-state index is 11.0. The normalized spacial score (nSPS) is 11.3. The molecule has 1 heterocycles. The number of carboxylic acid groups (broad SMARTS) is 2. The van der Waals surface area contributed by atoms with Crippen molar-refractivity contribution in [2.75, 3.05) is 0 Å². The monoisotopic (exact) mass is 404 g/mol. The quantitative estimate of drug-likeness (QED) is 0.595. The van der Waals surface area contributed by atoms with E-state index in [0.717, 1.165) is 0 Å². The van der Waals surface area contributed by atoms with Gasteiger partial charge in [0.05, 0.1) is 11.1 Å². The van der Waals surface area contributed by atoms with Crippen LogP contribution in [0.5, 0.6) is 0 Å². The summed E-state index contributed by atoms with van der Waals surface area (Å²) >= 11 is 0. The van der Waals surface area contributed by atoms with Gasteiger partial charge in [0.15, 0.2) is 0 Å². The lowest BCUT2D eigenvalue weighted by atomic mass is 10.1. The molecule has 0 aliphatic heterocycles. The van der Waals surface area contributed by atoms with Crippen LogP contribution in [-0.4, -0.2) is 55.0 Å². The van der Waals surface area contributed by atoms with E-state index in [1.54, 1.807) is 38.1 Å². The number of carbonyl (C=O) groups is 2. The van der Waals surface area contributed by atoms with Crippen LogP contribution in [0.15, 0.2) is 46.4 Å². The molecule has 3 aromatic rings. The Labute approximate surface area is 170 Å². The molecule has 0 radical (unpaired) electrons. The fourth-order valence-electron chi connectivity index (χ4n) is 2.60. The maximum atomic E-state index is 11.0. The molecule has 30 heavy (non-hydrogen) atoms. The van der Waals surface area contributed by atoms with E-state index in [0.29, 0.717) is 22.3 Å². The van der Waals surface area contributed by atoms with Gasteiger partial charge in [-0.25, -0.2) is 19.6 Å². The molecule has 10 heteroatoms. The highest BCUT2D eigenvalue weighted by atomic mass is 16.4. The van der Waals surface area contributed by atoms with Gasteiger partial charge in [0.2, 0.25) is 0 Å². The lowest BCUT2D eigenvalue weighted by molar-refractivity contribution is 0.0685. The van der Waals surface area contributed by atoms with Gasteiger partial charge in [-0.05, 0) is 60.4 Å². The van der Waals surface area contributed by atoms with E-state index in [4.69, 9.17) is 10.2 Å². The van der Waals surface area contributed by atoms with E-state index in [1.165, 1.54) is 24.6 Å². The Balaban J connectivity index is 1.69. The third-order valence-corrected chi connectivity index (χ3v) is 4.08. The molecular weight excluding hydrogens is 388 g/mol. The number of hydrogen-bond donors (Lipinski definition) is 2. The summed E-state index contributed by atoms with van der Waals surface area (Å²) in [6.45, 7) is 3.40. The Kier molecular flexibility index (Phi) is 5.97. The number of hydrogen-bond acceptors (Lipinski definition) is 8. The Morgan fingerprint density at radius 3 is 1.40 bits per heavy atom. The number of benzene rings is 2. The van der Waals surface area contributed by atoms with Gasteiger partial charge >= 0.3 is 11.9 Å². The second kappa shape index (κ2) is 8.78. The SMILES string of the molecule is Cc1cc(C=Nc2nnc(N=Cc3ccc(C(=O)O)c(C)c3)nn2)ccc1C(=O)O. The average Bonchev–Trinajstić information content (AvgIpc) is 2.71. The minimum atomic E-state index is -0.989. The molecule has 0 saturated carbocycles. The molecule has 1 aromatic heterocycles.